The first-order valence-electron chi connectivity index (χ1n) is 5.82. The minimum absolute atomic E-state index is 0.801. The maximum atomic E-state index is 4.37. The molecule has 0 bridgehead atoms. The summed E-state index contributed by atoms with van der Waals surface area (Å²) < 4.78 is 1.85. The quantitative estimate of drug-likeness (QED) is 0.785. The molecule has 0 fully saturated rings. The van der Waals surface area contributed by atoms with Crippen LogP contribution in [0.1, 0.15) is 15.4 Å². The lowest BCUT2D eigenvalue weighted by atomic mass is 10.4. The number of thiophene rings is 1. The van der Waals surface area contributed by atoms with Crippen LogP contribution < -0.4 is 5.32 Å². The minimum Gasteiger partial charge on any atom is -0.363 e. The number of hydrogen-bond acceptors (Lipinski definition) is 4. The largest absolute Gasteiger partial charge is 0.363 e. The average molecular weight is 258 g/mol. The molecule has 0 saturated heterocycles. The van der Waals surface area contributed by atoms with Gasteiger partial charge in [-0.2, -0.15) is 5.10 Å². The SMILES string of the molecule is Cc1cc2c(NCc3ccc(C)s3)nccn2n1. The number of aryl methyl sites for hydroxylation is 2. The van der Waals surface area contributed by atoms with Crippen LogP contribution in [0, 0.1) is 13.8 Å². The topological polar surface area (TPSA) is 42.2 Å². The standard InChI is InChI=1S/C13H14N4S/c1-9-7-12-13(14-5-6-17(12)16-9)15-8-11-4-3-10(2)18-11/h3-7H,8H2,1-2H3,(H,14,15). The Morgan fingerprint density at radius 2 is 2.22 bits per heavy atom. The van der Waals surface area contributed by atoms with Crippen LogP contribution in [0.4, 0.5) is 5.82 Å². The fourth-order valence-electron chi connectivity index (χ4n) is 1.93. The highest BCUT2D eigenvalue weighted by Crippen LogP contribution is 2.19. The van der Waals surface area contributed by atoms with Gasteiger partial charge in [-0.15, -0.1) is 11.3 Å². The van der Waals surface area contributed by atoms with E-state index in [0.29, 0.717) is 0 Å². The second kappa shape index (κ2) is 4.42. The lowest BCUT2D eigenvalue weighted by Gasteiger charge is -2.05. The van der Waals surface area contributed by atoms with Crippen molar-refractivity contribution in [1.29, 1.82) is 0 Å². The number of hydrogen-bond donors (Lipinski definition) is 1. The summed E-state index contributed by atoms with van der Waals surface area (Å²) in [5.41, 5.74) is 2.02. The average Bonchev–Trinajstić information content (AvgIpc) is 2.91. The van der Waals surface area contributed by atoms with Crippen LogP contribution in [0.3, 0.4) is 0 Å². The fourth-order valence-corrected chi connectivity index (χ4v) is 2.76. The summed E-state index contributed by atoms with van der Waals surface area (Å²) in [5, 5.41) is 7.74. The molecule has 0 saturated carbocycles. The Morgan fingerprint density at radius 1 is 1.33 bits per heavy atom. The van der Waals surface area contributed by atoms with Crippen molar-refractivity contribution in [2.24, 2.45) is 0 Å². The Morgan fingerprint density at radius 3 is 3.00 bits per heavy atom. The molecule has 92 valence electrons. The van der Waals surface area contributed by atoms with Crippen LogP contribution in [0.2, 0.25) is 0 Å². The summed E-state index contributed by atoms with van der Waals surface area (Å²) in [4.78, 5) is 7.02. The van der Waals surface area contributed by atoms with Crippen molar-refractivity contribution >= 4 is 22.7 Å². The molecule has 0 aliphatic heterocycles. The van der Waals surface area contributed by atoms with Crippen LogP contribution in [0.25, 0.3) is 5.52 Å². The maximum Gasteiger partial charge on any atom is 0.152 e. The zero-order chi connectivity index (χ0) is 12.5. The zero-order valence-electron chi connectivity index (χ0n) is 10.3. The van der Waals surface area contributed by atoms with Crippen LogP contribution in [0.5, 0.6) is 0 Å². The molecule has 0 aliphatic carbocycles. The highest BCUT2D eigenvalue weighted by atomic mass is 32.1. The summed E-state index contributed by atoms with van der Waals surface area (Å²) in [7, 11) is 0. The van der Waals surface area contributed by atoms with Crippen molar-refractivity contribution < 1.29 is 0 Å². The monoisotopic (exact) mass is 258 g/mol. The van der Waals surface area contributed by atoms with E-state index in [2.05, 4.69) is 34.5 Å². The van der Waals surface area contributed by atoms with Crippen molar-refractivity contribution in [3.05, 3.63) is 46.0 Å². The minimum atomic E-state index is 0.801. The van der Waals surface area contributed by atoms with Crippen LogP contribution in [-0.4, -0.2) is 14.6 Å². The number of aromatic nitrogens is 3. The van der Waals surface area contributed by atoms with Gasteiger partial charge in [0, 0.05) is 22.1 Å². The van der Waals surface area contributed by atoms with Crippen molar-refractivity contribution in [2.75, 3.05) is 5.32 Å². The van der Waals surface area contributed by atoms with E-state index in [0.717, 1.165) is 23.6 Å². The number of nitrogens with zero attached hydrogens (tertiary/aromatic N) is 3. The molecule has 0 amide bonds. The first-order chi connectivity index (χ1) is 8.72. The molecule has 4 nitrogen and oxygen atoms in total. The van der Waals surface area contributed by atoms with E-state index >= 15 is 0 Å². The molecule has 3 aromatic heterocycles. The van der Waals surface area contributed by atoms with E-state index in [-0.39, 0.29) is 0 Å². The lowest BCUT2D eigenvalue weighted by molar-refractivity contribution is 0.920. The van der Waals surface area contributed by atoms with E-state index in [1.807, 2.05) is 23.7 Å². The Kier molecular flexibility index (Phi) is 2.76. The molecule has 18 heavy (non-hydrogen) atoms. The summed E-state index contributed by atoms with van der Waals surface area (Å²) in [5.74, 6) is 0.879. The van der Waals surface area contributed by atoms with Gasteiger partial charge in [-0.3, -0.25) is 0 Å². The maximum absolute atomic E-state index is 4.37. The molecular weight excluding hydrogens is 244 g/mol. The normalized spacial score (nSPS) is 11.0. The fraction of sp³-hybridized carbons (Fsp3) is 0.231. The van der Waals surface area contributed by atoms with E-state index in [1.165, 1.54) is 9.75 Å². The van der Waals surface area contributed by atoms with E-state index in [1.54, 1.807) is 17.5 Å². The third-order valence-electron chi connectivity index (χ3n) is 2.74. The first-order valence-corrected chi connectivity index (χ1v) is 6.64. The van der Waals surface area contributed by atoms with E-state index in [9.17, 15) is 0 Å². The molecule has 1 N–H and O–H groups in total. The highest BCUT2D eigenvalue weighted by molar-refractivity contribution is 7.11. The Labute approximate surface area is 109 Å². The van der Waals surface area contributed by atoms with Crippen molar-refractivity contribution in [2.45, 2.75) is 20.4 Å². The predicted molar refractivity (Wildman–Crippen MR) is 74.1 cm³/mol. The number of fused-ring (bicyclic) bond motifs is 1. The van der Waals surface area contributed by atoms with Gasteiger partial charge in [0.25, 0.3) is 0 Å². The highest BCUT2D eigenvalue weighted by Gasteiger charge is 2.05. The molecule has 0 unspecified atom stereocenters. The third-order valence-corrected chi connectivity index (χ3v) is 3.74. The predicted octanol–water partition coefficient (Wildman–Crippen LogP) is 3.02. The number of anilines is 1. The van der Waals surface area contributed by atoms with Gasteiger partial charge in [-0.05, 0) is 32.0 Å². The molecule has 0 spiro atoms. The summed E-state index contributed by atoms with van der Waals surface area (Å²) in [6.45, 7) is 4.91. The molecule has 5 heteroatoms. The van der Waals surface area contributed by atoms with Crippen molar-refractivity contribution in [3.8, 4) is 0 Å². The molecule has 3 heterocycles. The number of rotatable bonds is 3. The lowest BCUT2D eigenvalue weighted by Crippen LogP contribution is -2.02. The Hall–Kier alpha value is -1.88. The van der Waals surface area contributed by atoms with Crippen LogP contribution in [-0.2, 0) is 6.54 Å². The molecule has 3 rings (SSSR count). The molecule has 3 aromatic rings. The smallest absolute Gasteiger partial charge is 0.152 e. The molecule has 0 atom stereocenters. The third kappa shape index (κ3) is 2.09. The van der Waals surface area contributed by atoms with Crippen molar-refractivity contribution in [1.82, 2.24) is 14.6 Å². The van der Waals surface area contributed by atoms with Crippen molar-refractivity contribution in [3.63, 3.8) is 0 Å². The molecular formula is C13H14N4S. The Balaban J connectivity index is 1.86. The van der Waals surface area contributed by atoms with Gasteiger partial charge in [0.05, 0.1) is 12.2 Å². The van der Waals surface area contributed by atoms with Gasteiger partial charge in [0.15, 0.2) is 5.82 Å². The van der Waals surface area contributed by atoms with Gasteiger partial charge in [-0.1, -0.05) is 0 Å². The van der Waals surface area contributed by atoms with E-state index in [4.69, 9.17) is 0 Å². The summed E-state index contributed by atoms with van der Waals surface area (Å²) in [6, 6.07) is 6.32. The second-order valence-corrected chi connectivity index (χ2v) is 5.63. The molecule has 0 radical (unpaired) electrons. The second-order valence-electron chi connectivity index (χ2n) is 4.26. The number of nitrogens with one attached hydrogen (secondary N) is 1. The van der Waals surface area contributed by atoms with Gasteiger partial charge in [0.2, 0.25) is 0 Å². The molecule has 0 aliphatic rings. The van der Waals surface area contributed by atoms with Crippen LogP contribution in [0.15, 0.2) is 30.6 Å². The van der Waals surface area contributed by atoms with Gasteiger partial charge >= 0.3 is 0 Å². The summed E-state index contributed by atoms with van der Waals surface area (Å²) in [6.07, 6.45) is 3.63. The Bertz CT molecular complexity index is 683. The van der Waals surface area contributed by atoms with Crippen LogP contribution >= 0.6 is 11.3 Å². The van der Waals surface area contributed by atoms with Gasteiger partial charge < -0.3 is 5.32 Å². The first kappa shape index (κ1) is 11.2. The summed E-state index contributed by atoms with van der Waals surface area (Å²) >= 11 is 1.80. The zero-order valence-corrected chi connectivity index (χ0v) is 11.2. The van der Waals surface area contributed by atoms with Gasteiger partial charge in [-0.25, -0.2) is 9.50 Å². The molecule has 0 aromatic carbocycles. The van der Waals surface area contributed by atoms with E-state index < -0.39 is 0 Å². The van der Waals surface area contributed by atoms with Gasteiger partial charge in [0.1, 0.15) is 5.52 Å².